The zero-order valence-electron chi connectivity index (χ0n) is 8.98. The molecular weight excluding hydrogens is 257 g/mol. The first kappa shape index (κ1) is 12.4. The zero-order valence-corrected chi connectivity index (χ0v) is 10.5. The maximum absolute atomic E-state index is 10.0. The summed E-state index contributed by atoms with van der Waals surface area (Å²) in [4.78, 5) is 4.10. The summed E-state index contributed by atoms with van der Waals surface area (Å²) in [7, 11) is 0. The summed E-state index contributed by atoms with van der Waals surface area (Å²) in [5.74, 6) is 0. The number of aromatic nitrogens is 1. The number of pyridine rings is 1. The third kappa shape index (κ3) is 3.19. The van der Waals surface area contributed by atoms with E-state index in [4.69, 9.17) is 23.2 Å². The average Bonchev–Trinajstić information content (AvgIpc) is 2.34. The van der Waals surface area contributed by atoms with E-state index in [9.17, 15) is 5.11 Å². The van der Waals surface area contributed by atoms with E-state index < -0.39 is 6.10 Å². The highest BCUT2D eigenvalue weighted by atomic mass is 35.5. The monoisotopic (exact) mass is 267 g/mol. The van der Waals surface area contributed by atoms with Crippen LogP contribution in [-0.4, -0.2) is 10.1 Å². The molecule has 4 heteroatoms. The molecule has 0 saturated carbocycles. The molecule has 0 saturated heterocycles. The maximum Gasteiger partial charge on any atom is 0.1000 e. The summed E-state index contributed by atoms with van der Waals surface area (Å²) < 4.78 is 0. The van der Waals surface area contributed by atoms with Crippen LogP contribution in [0, 0.1) is 0 Å². The number of benzene rings is 1. The molecule has 88 valence electrons. The number of rotatable bonds is 3. The zero-order chi connectivity index (χ0) is 12.3. The van der Waals surface area contributed by atoms with E-state index in [-0.39, 0.29) is 0 Å². The van der Waals surface area contributed by atoms with Gasteiger partial charge < -0.3 is 5.11 Å². The highest BCUT2D eigenvalue weighted by Gasteiger charge is 2.11. The third-order valence-electron chi connectivity index (χ3n) is 2.46. The molecule has 1 atom stereocenters. The molecule has 1 unspecified atom stereocenters. The van der Waals surface area contributed by atoms with Gasteiger partial charge in [-0.2, -0.15) is 0 Å². The van der Waals surface area contributed by atoms with Gasteiger partial charge in [0.15, 0.2) is 0 Å². The molecule has 1 aromatic carbocycles. The van der Waals surface area contributed by atoms with Gasteiger partial charge in [0, 0.05) is 22.7 Å². The van der Waals surface area contributed by atoms with Gasteiger partial charge in [-0.25, -0.2) is 0 Å². The molecule has 2 aromatic rings. The van der Waals surface area contributed by atoms with Crippen molar-refractivity contribution in [3.05, 3.63) is 63.9 Å². The molecule has 0 spiro atoms. The van der Waals surface area contributed by atoms with Crippen molar-refractivity contribution in [1.82, 2.24) is 4.98 Å². The van der Waals surface area contributed by atoms with Gasteiger partial charge in [0.2, 0.25) is 0 Å². The second kappa shape index (κ2) is 5.50. The predicted molar refractivity (Wildman–Crippen MR) is 69.4 cm³/mol. The molecule has 2 nitrogen and oxygen atoms in total. The van der Waals surface area contributed by atoms with Gasteiger partial charge in [-0.15, -0.1) is 0 Å². The molecule has 1 aromatic heterocycles. The first-order valence-electron chi connectivity index (χ1n) is 5.20. The van der Waals surface area contributed by atoms with Crippen LogP contribution in [0.15, 0.2) is 42.6 Å². The number of halogens is 2. The first-order chi connectivity index (χ1) is 8.16. The van der Waals surface area contributed by atoms with Crippen molar-refractivity contribution < 1.29 is 5.11 Å². The van der Waals surface area contributed by atoms with Gasteiger partial charge in [0.25, 0.3) is 0 Å². The van der Waals surface area contributed by atoms with Crippen LogP contribution in [0.5, 0.6) is 0 Å². The standard InChI is InChI=1S/C13H11Cl2NO/c14-10-5-4-9(11(15)8-10)7-13(17)12-3-1-2-6-16-12/h1-6,8,13,17H,7H2. The lowest BCUT2D eigenvalue weighted by atomic mass is 10.1. The van der Waals surface area contributed by atoms with Crippen LogP contribution in [0.25, 0.3) is 0 Å². The minimum Gasteiger partial charge on any atom is -0.386 e. The second-order valence-corrected chi connectivity index (χ2v) is 4.55. The lowest BCUT2D eigenvalue weighted by Crippen LogP contribution is -2.04. The van der Waals surface area contributed by atoms with Crippen LogP contribution in [-0.2, 0) is 6.42 Å². The van der Waals surface area contributed by atoms with Crippen molar-refractivity contribution in [2.45, 2.75) is 12.5 Å². The van der Waals surface area contributed by atoms with Crippen LogP contribution in [0.4, 0.5) is 0 Å². The Hall–Kier alpha value is -1.09. The molecule has 0 aliphatic rings. The van der Waals surface area contributed by atoms with Gasteiger partial charge in [-0.1, -0.05) is 35.3 Å². The van der Waals surface area contributed by atoms with Gasteiger partial charge in [0.1, 0.15) is 0 Å². The van der Waals surface area contributed by atoms with Crippen LogP contribution in [0.2, 0.25) is 10.0 Å². The average molecular weight is 268 g/mol. The summed E-state index contributed by atoms with van der Waals surface area (Å²) in [5.41, 5.74) is 1.49. The molecule has 0 aliphatic carbocycles. The Morgan fingerprint density at radius 2 is 2.00 bits per heavy atom. The lowest BCUT2D eigenvalue weighted by molar-refractivity contribution is 0.173. The van der Waals surface area contributed by atoms with Gasteiger partial charge >= 0.3 is 0 Å². The van der Waals surface area contributed by atoms with Gasteiger partial charge in [0.05, 0.1) is 11.8 Å². The smallest absolute Gasteiger partial charge is 0.1000 e. The Morgan fingerprint density at radius 3 is 2.65 bits per heavy atom. The first-order valence-corrected chi connectivity index (χ1v) is 5.95. The SMILES string of the molecule is OC(Cc1ccc(Cl)cc1Cl)c1ccccn1. The van der Waals surface area contributed by atoms with Crippen LogP contribution < -0.4 is 0 Å². The Morgan fingerprint density at radius 1 is 1.18 bits per heavy atom. The Labute approximate surface area is 110 Å². The van der Waals surface area contributed by atoms with Crippen molar-refractivity contribution in [3.63, 3.8) is 0 Å². The van der Waals surface area contributed by atoms with E-state index in [2.05, 4.69) is 4.98 Å². The highest BCUT2D eigenvalue weighted by Crippen LogP contribution is 2.25. The minimum atomic E-state index is -0.658. The van der Waals surface area contributed by atoms with Gasteiger partial charge in [-0.05, 0) is 29.8 Å². The Bertz CT molecular complexity index is 502. The Balaban J connectivity index is 2.16. The predicted octanol–water partition coefficient (Wildman–Crippen LogP) is 3.66. The minimum absolute atomic E-state index is 0.424. The van der Waals surface area contributed by atoms with E-state index in [1.165, 1.54) is 0 Å². The van der Waals surface area contributed by atoms with E-state index in [0.717, 1.165) is 5.56 Å². The van der Waals surface area contributed by atoms with Crippen molar-refractivity contribution >= 4 is 23.2 Å². The topological polar surface area (TPSA) is 33.1 Å². The summed E-state index contributed by atoms with van der Waals surface area (Å²) in [6.07, 6.45) is 1.42. The van der Waals surface area contributed by atoms with Crippen LogP contribution in [0.3, 0.4) is 0 Å². The number of hydrogen-bond donors (Lipinski definition) is 1. The van der Waals surface area contributed by atoms with Crippen molar-refractivity contribution in [2.24, 2.45) is 0 Å². The fourth-order valence-corrected chi connectivity index (χ4v) is 2.06. The number of nitrogens with zero attached hydrogens (tertiary/aromatic N) is 1. The van der Waals surface area contributed by atoms with Crippen LogP contribution in [0.1, 0.15) is 17.4 Å². The molecular formula is C13H11Cl2NO. The molecule has 0 radical (unpaired) electrons. The fraction of sp³-hybridized carbons (Fsp3) is 0.154. The van der Waals surface area contributed by atoms with E-state index in [1.807, 2.05) is 18.2 Å². The van der Waals surface area contributed by atoms with E-state index in [1.54, 1.807) is 24.4 Å². The van der Waals surface area contributed by atoms with Crippen molar-refractivity contribution in [1.29, 1.82) is 0 Å². The Kier molecular flexibility index (Phi) is 4.00. The molecule has 17 heavy (non-hydrogen) atoms. The summed E-state index contributed by atoms with van der Waals surface area (Å²) in [6.45, 7) is 0. The normalized spacial score (nSPS) is 12.4. The number of aliphatic hydroxyl groups is 1. The van der Waals surface area contributed by atoms with Crippen molar-refractivity contribution in [2.75, 3.05) is 0 Å². The summed E-state index contributed by atoms with van der Waals surface area (Å²) in [6, 6.07) is 10.7. The molecule has 0 aliphatic heterocycles. The quantitative estimate of drug-likeness (QED) is 0.921. The maximum atomic E-state index is 10.0. The lowest BCUT2D eigenvalue weighted by Gasteiger charge is -2.11. The molecule has 1 N–H and O–H groups in total. The van der Waals surface area contributed by atoms with E-state index in [0.29, 0.717) is 22.2 Å². The second-order valence-electron chi connectivity index (χ2n) is 3.71. The fourth-order valence-electron chi connectivity index (χ4n) is 1.57. The van der Waals surface area contributed by atoms with Crippen molar-refractivity contribution in [3.8, 4) is 0 Å². The van der Waals surface area contributed by atoms with Crippen LogP contribution >= 0.6 is 23.2 Å². The number of aliphatic hydroxyl groups excluding tert-OH is 1. The molecule has 1 heterocycles. The third-order valence-corrected chi connectivity index (χ3v) is 3.04. The number of hydrogen-bond acceptors (Lipinski definition) is 2. The highest BCUT2D eigenvalue weighted by molar-refractivity contribution is 6.35. The molecule has 0 bridgehead atoms. The summed E-state index contributed by atoms with van der Waals surface area (Å²) in [5, 5.41) is 11.2. The molecule has 0 amide bonds. The van der Waals surface area contributed by atoms with Gasteiger partial charge in [-0.3, -0.25) is 4.98 Å². The largest absolute Gasteiger partial charge is 0.386 e. The molecule has 0 fully saturated rings. The molecule has 2 rings (SSSR count). The summed E-state index contributed by atoms with van der Waals surface area (Å²) >= 11 is 11.9. The van der Waals surface area contributed by atoms with E-state index >= 15 is 0 Å².